The van der Waals surface area contributed by atoms with Gasteiger partial charge in [-0.15, -0.1) is 0 Å². The predicted octanol–water partition coefficient (Wildman–Crippen LogP) is 2.08. The van der Waals surface area contributed by atoms with Crippen molar-refractivity contribution in [3.8, 4) is 6.07 Å². The summed E-state index contributed by atoms with van der Waals surface area (Å²) in [4.78, 5) is 11.5. The molecule has 90 valence electrons. The van der Waals surface area contributed by atoms with Crippen molar-refractivity contribution in [2.24, 2.45) is 0 Å². The van der Waals surface area contributed by atoms with Gasteiger partial charge in [0, 0.05) is 18.2 Å². The molecule has 0 fully saturated rings. The molecule has 0 saturated heterocycles. The largest absolute Gasteiger partial charge is 0.305 e. The van der Waals surface area contributed by atoms with Crippen molar-refractivity contribution in [2.75, 3.05) is 13.1 Å². The molecule has 0 N–H and O–H groups in total. The first-order valence-electron chi connectivity index (χ1n) is 5.11. The Morgan fingerprint density at radius 2 is 2.29 bits per heavy atom. The highest BCUT2D eigenvalue weighted by Gasteiger charge is 2.18. The van der Waals surface area contributed by atoms with Crippen LogP contribution in [0.2, 0.25) is 0 Å². The number of hydrogen-bond acceptors (Lipinski definition) is 4. The van der Waals surface area contributed by atoms with Crippen molar-refractivity contribution < 1.29 is 9.31 Å². The Morgan fingerprint density at radius 3 is 2.82 bits per heavy atom. The molecular weight excluding hydrogens is 225 g/mol. The zero-order valence-electron chi connectivity index (χ0n) is 9.39. The summed E-state index contributed by atoms with van der Waals surface area (Å²) in [5.74, 6) is -0.825. The van der Waals surface area contributed by atoms with Gasteiger partial charge in [0.1, 0.15) is 0 Å². The highest BCUT2D eigenvalue weighted by atomic mass is 19.1. The third-order valence-corrected chi connectivity index (χ3v) is 2.39. The van der Waals surface area contributed by atoms with Crippen molar-refractivity contribution in [1.82, 2.24) is 4.90 Å². The molecule has 0 atom stereocenters. The molecule has 0 aromatic heterocycles. The molecule has 0 radical (unpaired) electrons. The fourth-order valence-corrected chi connectivity index (χ4v) is 1.45. The number of nitro groups is 1. The van der Waals surface area contributed by atoms with Gasteiger partial charge >= 0.3 is 5.69 Å². The molecule has 6 heteroatoms. The van der Waals surface area contributed by atoms with Crippen LogP contribution in [0, 0.1) is 27.3 Å². The lowest BCUT2D eigenvalue weighted by Crippen LogP contribution is -2.23. The van der Waals surface area contributed by atoms with Gasteiger partial charge in [-0.1, -0.05) is 19.1 Å². The Balaban J connectivity index is 2.95. The van der Waals surface area contributed by atoms with Gasteiger partial charge in [0.05, 0.1) is 17.5 Å². The first-order valence-corrected chi connectivity index (χ1v) is 5.11. The zero-order chi connectivity index (χ0) is 12.8. The molecule has 0 spiro atoms. The Hall–Kier alpha value is -2.00. The van der Waals surface area contributed by atoms with Crippen LogP contribution in [0.25, 0.3) is 0 Å². The number of nitrogens with zero attached hydrogens (tertiary/aromatic N) is 3. The minimum atomic E-state index is -0.825. The summed E-state index contributed by atoms with van der Waals surface area (Å²) in [6.07, 6.45) is 0. The average molecular weight is 237 g/mol. The van der Waals surface area contributed by atoms with Crippen molar-refractivity contribution >= 4 is 5.69 Å². The van der Waals surface area contributed by atoms with E-state index in [0.717, 1.165) is 6.07 Å². The number of benzene rings is 1. The van der Waals surface area contributed by atoms with Crippen LogP contribution in [-0.4, -0.2) is 22.9 Å². The molecule has 1 rings (SSSR count). The van der Waals surface area contributed by atoms with E-state index in [1.54, 1.807) is 4.90 Å². The van der Waals surface area contributed by atoms with E-state index in [0.29, 0.717) is 6.54 Å². The molecule has 0 saturated carbocycles. The van der Waals surface area contributed by atoms with Gasteiger partial charge in [0.15, 0.2) is 0 Å². The second-order valence-electron chi connectivity index (χ2n) is 3.47. The SMILES string of the molecule is CCN(CC#N)Cc1cccc([N+](=O)[O-])c1F. The molecule has 17 heavy (non-hydrogen) atoms. The van der Waals surface area contributed by atoms with E-state index in [1.165, 1.54) is 12.1 Å². The molecule has 0 amide bonds. The molecule has 0 heterocycles. The molecule has 1 aromatic rings. The lowest BCUT2D eigenvalue weighted by atomic mass is 10.1. The van der Waals surface area contributed by atoms with Gasteiger partial charge in [-0.05, 0) is 6.54 Å². The number of rotatable bonds is 5. The highest BCUT2D eigenvalue weighted by Crippen LogP contribution is 2.21. The van der Waals surface area contributed by atoms with E-state index in [2.05, 4.69) is 0 Å². The van der Waals surface area contributed by atoms with Crippen molar-refractivity contribution in [3.05, 3.63) is 39.7 Å². The van der Waals surface area contributed by atoms with Gasteiger partial charge in [0.25, 0.3) is 0 Å². The first kappa shape index (κ1) is 13.1. The van der Waals surface area contributed by atoms with E-state index in [-0.39, 0.29) is 18.7 Å². The van der Waals surface area contributed by atoms with Crippen molar-refractivity contribution in [3.63, 3.8) is 0 Å². The third-order valence-electron chi connectivity index (χ3n) is 2.39. The van der Waals surface area contributed by atoms with E-state index in [1.807, 2.05) is 13.0 Å². The summed E-state index contributed by atoms with van der Waals surface area (Å²) in [5, 5.41) is 19.1. The van der Waals surface area contributed by atoms with Gasteiger partial charge in [-0.3, -0.25) is 15.0 Å². The summed E-state index contributed by atoms with van der Waals surface area (Å²) < 4.78 is 13.7. The van der Waals surface area contributed by atoms with Gasteiger partial charge in [-0.2, -0.15) is 9.65 Å². The lowest BCUT2D eigenvalue weighted by molar-refractivity contribution is -0.387. The minimum absolute atomic E-state index is 0.165. The van der Waals surface area contributed by atoms with Crippen LogP contribution in [0.3, 0.4) is 0 Å². The summed E-state index contributed by atoms with van der Waals surface area (Å²) in [7, 11) is 0. The number of hydrogen-bond donors (Lipinski definition) is 0. The summed E-state index contributed by atoms with van der Waals surface area (Å²) >= 11 is 0. The zero-order valence-corrected chi connectivity index (χ0v) is 9.39. The number of halogens is 1. The van der Waals surface area contributed by atoms with E-state index in [9.17, 15) is 14.5 Å². The maximum atomic E-state index is 13.7. The van der Waals surface area contributed by atoms with Crippen LogP contribution >= 0.6 is 0 Å². The van der Waals surface area contributed by atoms with Crippen LogP contribution in [0.4, 0.5) is 10.1 Å². The predicted molar refractivity (Wildman–Crippen MR) is 59.6 cm³/mol. The molecule has 0 aliphatic rings. The van der Waals surface area contributed by atoms with Crippen LogP contribution in [-0.2, 0) is 6.54 Å². The van der Waals surface area contributed by atoms with Crippen molar-refractivity contribution in [1.29, 1.82) is 5.26 Å². The normalized spacial score (nSPS) is 10.2. The van der Waals surface area contributed by atoms with E-state index in [4.69, 9.17) is 5.26 Å². The summed E-state index contributed by atoms with van der Waals surface area (Å²) in [6, 6.07) is 6.02. The van der Waals surface area contributed by atoms with Crippen LogP contribution in [0.15, 0.2) is 18.2 Å². The van der Waals surface area contributed by atoms with Gasteiger partial charge in [-0.25, -0.2) is 0 Å². The summed E-state index contributed by atoms with van der Waals surface area (Å²) in [5.41, 5.74) is -0.299. The summed E-state index contributed by atoms with van der Waals surface area (Å²) in [6.45, 7) is 2.78. The second-order valence-corrected chi connectivity index (χ2v) is 3.47. The third kappa shape index (κ3) is 3.23. The smallest absolute Gasteiger partial charge is 0.286 e. The maximum Gasteiger partial charge on any atom is 0.305 e. The quantitative estimate of drug-likeness (QED) is 0.446. The molecule has 0 aliphatic carbocycles. The Bertz CT molecular complexity index is 457. The Kier molecular flexibility index (Phi) is 4.55. The number of nitriles is 1. The van der Waals surface area contributed by atoms with Crippen LogP contribution in [0.1, 0.15) is 12.5 Å². The fraction of sp³-hybridized carbons (Fsp3) is 0.364. The topological polar surface area (TPSA) is 70.2 Å². The monoisotopic (exact) mass is 237 g/mol. The van der Waals surface area contributed by atoms with Gasteiger partial charge < -0.3 is 0 Å². The Labute approximate surface area is 98.2 Å². The average Bonchev–Trinajstić information content (AvgIpc) is 2.30. The maximum absolute atomic E-state index is 13.7. The van der Waals surface area contributed by atoms with E-state index >= 15 is 0 Å². The van der Waals surface area contributed by atoms with Crippen LogP contribution < -0.4 is 0 Å². The fourth-order valence-electron chi connectivity index (χ4n) is 1.45. The molecule has 0 unspecified atom stereocenters. The standard InChI is InChI=1S/C11H12FN3O2/c1-2-14(7-6-13)8-9-4-3-5-10(11(9)12)15(16)17/h3-5H,2,7-8H2,1H3. The molecule has 0 aliphatic heterocycles. The second kappa shape index (κ2) is 5.92. The lowest BCUT2D eigenvalue weighted by Gasteiger charge is -2.16. The molecule has 0 bridgehead atoms. The number of nitro benzene ring substituents is 1. The highest BCUT2D eigenvalue weighted by molar-refractivity contribution is 5.36. The molecule has 5 nitrogen and oxygen atoms in total. The van der Waals surface area contributed by atoms with Crippen LogP contribution in [0.5, 0.6) is 0 Å². The molecular formula is C11H12FN3O2. The Morgan fingerprint density at radius 1 is 1.59 bits per heavy atom. The molecule has 1 aromatic carbocycles. The van der Waals surface area contributed by atoms with Gasteiger partial charge in [0.2, 0.25) is 5.82 Å². The van der Waals surface area contributed by atoms with Crippen molar-refractivity contribution in [2.45, 2.75) is 13.5 Å². The minimum Gasteiger partial charge on any atom is -0.286 e. The first-order chi connectivity index (χ1) is 8.10. The van der Waals surface area contributed by atoms with E-state index < -0.39 is 16.4 Å².